The van der Waals surface area contributed by atoms with Crippen molar-refractivity contribution in [1.82, 2.24) is 20.0 Å². The minimum atomic E-state index is 0.0229. The van der Waals surface area contributed by atoms with Gasteiger partial charge in [-0.25, -0.2) is 4.98 Å². The molecule has 0 fully saturated rings. The average molecular weight is 288 g/mol. The van der Waals surface area contributed by atoms with Gasteiger partial charge in [-0.1, -0.05) is 5.16 Å². The fourth-order valence-corrected chi connectivity index (χ4v) is 2.90. The van der Waals surface area contributed by atoms with Crippen molar-refractivity contribution < 1.29 is 9.32 Å². The molecule has 0 aromatic carbocycles. The van der Waals surface area contributed by atoms with Crippen LogP contribution >= 0.6 is 0 Å². The maximum absolute atomic E-state index is 12.2. The fraction of sp³-hybridized carbons (Fsp3) is 0.533. The van der Waals surface area contributed by atoms with E-state index in [0.29, 0.717) is 6.42 Å². The van der Waals surface area contributed by atoms with Crippen molar-refractivity contribution in [2.75, 3.05) is 0 Å². The van der Waals surface area contributed by atoms with Gasteiger partial charge in [0, 0.05) is 30.8 Å². The number of imidazole rings is 1. The summed E-state index contributed by atoms with van der Waals surface area (Å²) in [6, 6.07) is 0.166. The summed E-state index contributed by atoms with van der Waals surface area (Å²) in [5, 5.41) is 6.99. The second kappa shape index (κ2) is 5.35. The van der Waals surface area contributed by atoms with Crippen molar-refractivity contribution >= 4 is 5.91 Å². The molecule has 1 N–H and O–H groups in total. The molecular formula is C15H20N4O2. The summed E-state index contributed by atoms with van der Waals surface area (Å²) in [6.07, 6.45) is 4.21. The molecule has 3 rings (SSSR count). The van der Waals surface area contributed by atoms with Crippen molar-refractivity contribution in [3.8, 4) is 0 Å². The Labute approximate surface area is 123 Å². The van der Waals surface area contributed by atoms with E-state index >= 15 is 0 Å². The zero-order chi connectivity index (χ0) is 15.0. The average Bonchev–Trinajstić information content (AvgIpc) is 2.94. The molecule has 0 aliphatic carbocycles. The number of hydrogen-bond donors (Lipinski definition) is 1. The molecular weight excluding hydrogens is 268 g/mol. The number of hydrogen-bond acceptors (Lipinski definition) is 4. The van der Waals surface area contributed by atoms with Gasteiger partial charge >= 0.3 is 0 Å². The molecule has 2 aromatic heterocycles. The SMILES string of the molecule is Cc1cn2c(n1)CCC(NC(=O)Cc1c(C)noc1C)C2. The molecule has 1 aliphatic rings. The van der Waals surface area contributed by atoms with E-state index in [2.05, 4.69) is 20.0 Å². The highest BCUT2D eigenvalue weighted by atomic mass is 16.5. The second-order valence-electron chi connectivity index (χ2n) is 5.73. The van der Waals surface area contributed by atoms with Crippen LogP contribution < -0.4 is 5.32 Å². The lowest BCUT2D eigenvalue weighted by atomic mass is 10.1. The first-order chi connectivity index (χ1) is 10.0. The lowest BCUT2D eigenvalue weighted by Crippen LogP contribution is -2.41. The van der Waals surface area contributed by atoms with Gasteiger partial charge in [-0.2, -0.15) is 0 Å². The van der Waals surface area contributed by atoms with E-state index in [-0.39, 0.29) is 11.9 Å². The second-order valence-corrected chi connectivity index (χ2v) is 5.73. The van der Waals surface area contributed by atoms with Gasteiger partial charge in [0.05, 0.1) is 17.8 Å². The van der Waals surface area contributed by atoms with Crippen LogP contribution in [-0.4, -0.2) is 26.7 Å². The van der Waals surface area contributed by atoms with Crippen molar-refractivity contribution in [3.63, 3.8) is 0 Å². The van der Waals surface area contributed by atoms with Crippen LogP contribution in [0.25, 0.3) is 0 Å². The van der Waals surface area contributed by atoms with Crippen LogP contribution in [0, 0.1) is 20.8 Å². The molecule has 0 spiro atoms. The molecule has 3 heterocycles. The Hall–Kier alpha value is -2.11. The van der Waals surface area contributed by atoms with Crippen LogP contribution in [0.15, 0.2) is 10.7 Å². The molecule has 1 aliphatic heterocycles. The Morgan fingerprint density at radius 2 is 2.29 bits per heavy atom. The monoisotopic (exact) mass is 288 g/mol. The van der Waals surface area contributed by atoms with E-state index in [1.165, 1.54) is 0 Å². The smallest absolute Gasteiger partial charge is 0.224 e. The summed E-state index contributed by atoms with van der Waals surface area (Å²) in [5.41, 5.74) is 2.72. The third-order valence-electron chi connectivity index (χ3n) is 4.00. The number of aryl methyl sites for hydroxylation is 4. The molecule has 0 saturated carbocycles. The van der Waals surface area contributed by atoms with Crippen molar-refractivity contribution in [2.24, 2.45) is 0 Å². The molecule has 0 radical (unpaired) electrons. The predicted octanol–water partition coefficient (Wildman–Crippen LogP) is 1.47. The van der Waals surface area contributed by atoms with Crippen LogP contribution in [-0.2, 0) is 24.2 Å². The maximum atomic E-state index is 12.2. The van der Waals surface area contributed by atoms with Gasteiger partial charge in [-0.15, -0.1) is 0 Å². The number of carbonyl (C=O) groups is 1. The van der Waals surface area contributed by atoms with Gasteiger partial charge in [-0.3, -0.25) is 4.79 Å². The molecule has 2 aromatic rings. The third-order valence-corrected chi connectivity index (χ3v) is 4.00. The predicted molar refractivity (Wildman–Crippen MR) is 76.9 cm³/mol. The summed E-state index contributed by atoms with van der Waals surface area (Å²) in [6.45, 7) is 6.49. The zero-order valence-corrected chi connectivity index (χ0v) is 12.6. The van der Waals surface area contributed by atoms with Crippen molar-refractivity contribution in [2.45, 2.75) is 52.6 Å². The van der Waals surface area contributed by atoms with Crippen LogP contribution in [0.5, 0.6) is 0 Å². The first kappa shape index (κ1) is 13.9. The summed E-state index contributed by atoms with van der Waals surface area (Å²) in [7, 11) is 0. The van der Waals surface area contributed by atoms with Crippen LogP contribution in [0.2, 0.25) is 0 Å². The highest BCUT2D eigenvalue weighted by Gasteiger charge is 2.22. The van der Waals surface area contributed by atoms with Crippen molar-refractivity contribution in [3.05, 3.63) is 34.7 Å². The molecule has 112 valence electrons. The van der Waals surface area contributed by atoms with Crippen LogP contribution in [0.4, 0.5) is 0 Å². The lowest BCUT2D eigenvalue weighted by Gasteiger charge is -2.24. The summed E-state index contributed by atoms with van der Waals surface area (Å²) >= 11 is 0. The highest BCUT2D eigenvalue weighted by molar-refractivity contribution is 5.79. The first-order valence-corrected chi connectivity index (χ1v) is 7.26. The van der Waals surface area contributed by atoms with E-state index < -0.39 is 0 Å². The normalized spacial score (nSPS) is 17.6. The van der Waals surface area contributed by atoms with Gasteiger partial charge in [0.2, 0.25) is 5.91 Å². The third kappa shape index (κ3) is 2.84. The summed E-state index contributed by atoms with van der Waals surface area (Å²) in [4.78, 5) is 16.7. The van der Waals surface area contributed by atoms with E-state index in [1.807, 2.05) is 27.0 Å². The number of rotatable bonds is 3. The van der Waals surface area contributed by atoms with E-state index in [4.69, 9.17) is 4.52 Å². The topological polar surface area (TPSA) is 73.0 Å². The highest BCUT2D eigenvalue weighted by Crippen LogP contribution is 2.16. The minimum absolute atomic E-state index is 0.0229. The number of nitrogens with zero attached hydrogens (tertiary/aromatic N) is 3. The Kier molecular flexibility index (Phi) is 3.53. The Morgan fingerprint density at radius 1 is 1.48 bits per heavy atom. The van der Waals surface area contributed by atoms with Gasteiger partial charge in [0.25, 0.3) is 0 Å². The van der Waals surface area contributed by atoms with Gasteiger partial charge in [0.15, 0.2) is 0 Å². The van der Waals surface area contributed by atoms with E-state index in [9.17, 15) is 4.79 Å². The molecule has 6 heteroatoms. The lowest BCUT2D eigenvalue weighted by molar-refractivity contribution is -0.121. The Bertz CT molecular complexity index is 652. The number of amides is 1. The number of aromatic nitrogens is 3. The number of nitrogens with one attached hydrogen (secondary N) is 1. The minimum Gasteiger partial charge on any atom is -0.361 e. The van der Waals surface area contributed by atoms with Gasteiger partial charge < -0.3 is 14.4 Å². The molecule has 1 atom stereocenters. The molecule has 6 nitrogen and oxygen atoms in total. The van der Waals surface area contributed by atoms with Crippen LogP contribution in [0.1, 0.15) is 35.0 Å². The van der Waals surface area contributed by atoms with Crippen molar-refractivity contribution in [1.29, 1.82) is 0 Å². The molecule has 0 saturated heterocycles. The Balaban J connectivity index is 1.61. The molecule has 1 amide bonds. The maximum Gasteiger partial charge on any atom is 0.224 e. The molecule has 1 unspecified atom stereocenters. The molecule has 0 bridgehead atoms. The standard InChI is InChI=1S/C15H20N4O2/c1-9-7-19-8-12(4-5-14(19)16-9)17-15(20)6-13-10(2)18-21-11(13)3/h7,12H,4-6,8H2,1-3H3,(H,17,20). The number of fused-ring (bicyclic) bond motifs is 1. The fourth-order valence-electron chi connectivity index (χ4n) is 2.90. The molecule has 21 heavy (non-hydrogen) atoms. The zero-order valence-electron chi connectivity index (χ0n) is 12.6. The first-order valence-electron chi connectivity index (χ1n) is 7.26. The van der Waals surface area contributed by atoms with E-state index in [0.717, 1.165) is 47.9 Å². The van der Waals surface area contributed by atoms with Gasteiger partial charge in [0.1, 0.15) is 11.6 Å². The summed E-state index contributed by atoms with van der Waals surface area (Å²) < 4.78 is 7.23. The summed E-state index contributed by atoms with van der Waals surface area (Å²) in [5.74, 6) is 1.86. The largest absolute Gasteiger partial charge is 0.361 e. The Morgan fingerprint density at radius 3 is 3.00 bits per heavy atom. The van der Waals surface area contributed by atoms with E-state index in [1.54, 1.807) is 0 Å². The van der Waals surface area contributed by atoms with Gasteiger partial charge in [-0.05, 0) is 27.2 Å². The quantitative estimate of drug-likeness (QED) is 0.928. The number of carbonyl (C=O) groups excluding carboxylic acids is 1. The van der Waals surface area contributed by atoms with Crippen LogP contribution in [0.3, 0.4) is 0 Å².